The largest absolute Gasteiger partial charge is 0.469 e. The van der Waals surface area contributed by atoms with Crippen LogP contribution in [-0.4, -0.2) is 75.5 Å². The number of imidazole rings is 2. The van der Waals surface area contributed by atoms with Crippen LogP contribution in [0.4, 0.5) is 10.5 Å². The first-order valence-corrected chi connectivity index (χ1v) is 20.1. The summed E-state index contributed by atoms with van der Waals surface area (Å²) in [6, 6.07) is 21.0. The number of rotatable bonds is 10. The zero-order chi connectivity index (χ0) is 40.7. The highest BCUT2D eigenvalue weighted by Crippen LogP contribution is 2.45. The summed E-state index contributed by atoms with van der Waals surface area (Å²) in [7, 11) is 2.63. The van der Waals surface area contributed by atoms with Crippen molar-refractivity contribution in [2.24, 2.45) is 11.8 Å². The molecule has 5 aromatic rings. The fourth-order valence-electron chi connectivity index (χ4n) is 8.62. The van der Waals surface area contributed by atoms with Gasteiger partial charge in [0.15, 0.2) is 0 Å². The summed E-state index contributed by atoms with van der Waals surface area (Å²) in [6.45, 7) is 4.48. The van der Waals surface area contributed by atoms with Crippen molar-refractivity contribution in [2.75, 3.05) is 25.7 Å². The number of hydrogen-bond donors (Lipinski definition) is 3. The fourth-order valence-corrected chi connectivity index (χ4v) is 8.87. The molecule has 0 unspecified atom stereocenters. The average molecular weight is 804 g/mol. The lowest BCUT2D eigenvalue weighted by Crippen LogP contribution is -2.48. The lowest BCUT2D eigenvalue weighted by Gasteiger charge is -2.29. The van der Waals surface area contributed by atoms with E-state index in [-0.39, 0.29) is 36.2 Å². The highest BCUT2D eigenvalue weighted by Gasteiger charge is 2.43. The normalized spacial score (nSPS) is 19.2. The number of halogens is 1. The predicted octanol–water partition coefficient (Wildman–Crippen LogP) is 7.59. The Bertz CT molecular complexity index is 2350. The van der Waals surface area contributed by atoms with Gasteiger partial charge in [-0.15, -0.1) is 0 Å². The van der Waals surface area contributed by atoms with Crippen molar-refractivity contribution in [3.63, 3.8) is 0 Å². The minimum Gasteiger partial charge on any atom is -0.469 e. The Balaban J connectivity index is 0.965. The van der Waals surface area contributed by atoms with Gasteiger partial charge >= 0.3 is 12.1 Å². The number of aryl methyl sites for hydroxylation is 1. The van der Waals surface area contributed by atoms with E-state index in [1.165, 1.54) is 14.2 Å². The van der Waals surface area contributed by atoms with Crippen molar-refractivity contribution in [3.05, 3.63) is 101 Å². The Morgan fingerprint density at radius 2 is 1.57 bits per heavy atom. The number of nitrogens with zero attached hydrogens (tertiary/aromatic N) is 4. The van der Waals surface area contributed by atoms with Crippen LogP contribution in [0, 0.1) is 11.8 Å². The van der Waals surface area contributed by atoms with Crippen molar-refractivity contribution < 1.29 is 28.7 Å². The van der Waals surface area contributed by atoms with E-state index in [1.807, 2.05) is 67.3 Å². The zero-order valence-electron chi connectivity index (χ0n) is 32.9. The minimum absolute atomic E-state index is 0.0254. The number of H-pyrrole nitrogens is 2. The molecule has 1 saturated heterocycles. The second kappa shape index (κ2) is 16.1. The maximum Gasteiger partial charge on any atom is 0.407 e. The van der Waals surface area contributed by atoms with Crippen LogP contribution in [0.25, 0.3) is 33.6 Å². The first-order chi connectivity index (χ1) is 28.0. The van der Waals surface area contributed by atoms with Crippen molar-refractivity contribution >= 4 is 41.2 Å². The van der Waals surface area contributed by atoms with Gasteiger partial charge in [-0.05, 0) is 59.4 Å². The number of amides is 3. The molecular formula is C44H46ClN7O6. The van der Waals surface area contributed by atoms with Crippen LogP contribution in [0.2, 0.25) is 5.15 Å². The third-order valence-corrected chi connectivity index (χ3v) is 12.0. The van der Waals surface area contributed by atoms with Crippen LogP contribution in [0.3, 0.4) is 0 Å². The highest BCUT2D eigenvalue weighted by molar-refractivity contribution is 6.32. The second-order valence-corrected chi connectivity index (χ2v) is 15.9. The molecule has 5 heterocycles. The van der Waals surface area contributed by atoms with Crippen molar-refractivity contribution in [2.45, 2.75) is 70.5 Å². The molecule has 0 radical (unpaired) electrons. The molecule has 2 aromatic heterocycles. The van der Waals surface area contributed by atoms with E-state index in [4.69, 9.17) is 31.0 Å². The van der Waals surface area contributed by atoms with E-state index in [1.54, 1.807) is 11.1 Å². The van der Waals surface area contributed by atoms with Crippen LogP contribution in [0.5, 0.6) is 0 Å². The standard InChI is InChI=1S/C44H46ClN7O6/c1-24(2)31(22-36(53)57-3)42(54)51-20-6-9-34(51)41-49-37(39(45)50-41)28-16-12-26(13-17-28)25-10-14-27(15-11-25)33-23-46-40(47-33)35-21-30-8-5-7-29-18-19-32(48-44(56)58-4)43(55)52(35)38(29)30/h5,7-8,10-17,23-24,31-32,34-35H,6,9,18-22H2,1-4H3,(H,46,47)(H,48,56)(H,49,50)/t31-,32-,34-,35-/m0/s1. The number of nitrogens with one attached hydrogen (secondary N) is 3. The Hall–Kier alpha value is -5.95. The Morgan fingerprint density at radius 3 is 2.26 bits per heavy atom. The van der Waals surface area contributed by atoms with E-state index in [2.05, 4.69) is 33.5 Å². The van der Waals surface area contributed by atoms with Crippen molar-refractivity contribution in [1.29, 1.82) is 0 Å². The molecule has 300 valence electrons. The molecule has 14 heteroatoms. The van der Waals surface area contributed by atoms with Crippen LogP contribution in [0.15, 0.2) is 72.9 Å². The number of para-hydroxylation sites is 1. The molecule has 3 amide bonds. The van der Waals surface area contributed by atoms with Gasteiger partial charge in [-0.25, -0.2) is 14.8 Å². The number of carbonyl (C=O) groups is 4. The topological polar surface area (TPSA) is 163 Å². The molecule has 3 aliphatic heterocycles. The zero-order valence-corrected chi connectivity index (χ0v) is 33.6. The molecular weight excluding hydrogens is 758 g/mol. The number of anilines is 1. The molecule has 0 aliphatic carbocycles. The number of methoxy groups -OCH3 is 2. The van der Waals surface area contributed by atoms with Crippen LogP contribution >= 0.6 is 11.6 Å². The summed E-state index contributed by atoms with van der Waals surface area (Å²) in [4.78, 5) is 71.8. The molecule has 4 atom stereocenters. The van der Waals surface area contributed by atoms with E-state index >= 15 is 0 Å². The van der Waals surface area contributed by atoms with Crippen LogP contribution < -0.4 is 10.2 Å². The molecule has 13 nitrogen and oxygen atoms in total. The minimum atomic E-state index is -0.706. The SMILES string of the molecule is COC(=O)C[C@H](C(=O)N1CCC[C@H]1c1nc(-c2ccc(-c3ccc(-c4cnc([C@@H]5Cc6cccc7c6N5C(=O)[C@@H](NC(=O)OC)CC7)[nH]4)cc3)cc2)c(Cl)[nH]1)C(C)C. The van der Waals surface area contributed by atoms with Crippen molar-refractivity contribution in [3.8, 4) is 33.6 Å². The first-order valence-electron chi connectivity index (χ1n) is 19.7. The third kappa shape index (κ3) is 7.34. The lowest BCUT2D eigenvalue weighted by molar-refractivity contribution is -0.148. The van der Waals surface area contributed by atoms with E-state index in [0.717, 1.165) is 57.6 Å². The van der Waals surface area contributed by atoms with E-state index in [0.29, 0.717) is 48.3 Å². The third-order valence-electron chi connectivity index (χ3n) is 11.7. The summed E-state index contributed by atoms with van der Waals surface area (Å²) in [6.07, 6.45) is 4.53. The summed E-state index contributed by atoms with van der Waals surface area (Å²) in [5.41, 5.74) is 8.34. The van der Waals surface area contributed by atoms with Crippen LogP contribution in [0.1, 0.15) is 74.4 Å². The smallest absolute Gasteiger partial charge is 0.407 e. The summed E-state index contributed by atoms with van der Waals surface area (Å²) in [5, 5.41) is 3.13. The quantitative estimate of drug-likeness (QED) is 0.122. The van der Waals surface area contributed by atoms with Gasteiger partial charge in [-0.2, -0.15) is 0 Å². The van der Waals surface area contributed by atoms with Gasteiger partial charge in [-0.3, -0.25) is 19.3 Å². The Kier molecular flexibility index (Phi) is 10.8. The second-order valence-electron chi connectivity index (χ2n) is 15.5. The Morgan fingerprint density at radius 1 is 0.879 bits per heavy atom. The van der Waals surface area contributed by atoms with Gasteiger partial charge < -0.3 is 29.7 Å². The summed E-state index contributed by atoms with van der Waals surface area (Å²) in [5.74, 6) is 0.159. The molecule has 58 heavy (non-hydrogen) atoms. The van der Waals surface area contributed by atoms with Gasteiger partial charge in [0.05, 0.1) is 56.2 Å². The average Bonchev–Trinajstić information content (AvgIpc) is 4.05. The number of aromatic amines is 2. The Labute approximate surface area is 341 Å². The summed E-state index contributed by atoms with van der Waals surface area (Å²) < 4.78 is 9.68. The first kappa shape index (κ1) is 38.9. The molecule has 8 rings (SSSR count). The lowest BCUT2D eigenvalue weighted by atomic mass is 9.91. The molecule has 3 N–H and O–H groups in total. The number of ether oxygens (including phenoxy) is 2. The predicted molar refractivity (Wildman–Crippen MR) is 219 cm³/mol. The number of hydrogen-bond acceptors (Lipinski definition) is 8. The van der Waals surface area contributed by atoms with Gasteiger partial charge in [0.1, 0.15) is 28.5 Å². The van der Waals surface area contributed by atoms with E-state index in [9.17, 15) is 19.2 Å². The van der Waals surface area contributed by atoms with Crippen molar-refractivity contribution in [1.82, 2.24) is 30.2 Å². The maximum atomic E-state index is 13.9. The summed E-state index contributed by atoms with van der Waals surface area (Å²) >= 11 is 6.73. The van der Waals surface area contributed by atoms with Gasteiger partial charge in [0, 0.05) is 18.5 Å². The van der Waals surface area contributed by atoms with Crippen LogP contribution in [-0.2, 0) is 36.7 Å². The molecule has 0 bridgehead atoms. The number of benzene rings is 3. The number of carbonyl (C=O) groups excluding carboxylic acids is 4. The number of esters is 1. The van der Waals surface area contributed by atoms with Gasteiger partial charge in [0.25, 0.3) is 0 Å². The van der Waals surface area contributed by atoms with Gasteiger partial charge in [0.2, 0.25) is 11.8 Å². The number of aromatic nitrogens is 4. The number of alkyl carbamates (subject to hydrolysis) is 1. The molecule has 1 fully saturated rings. The van der Waals surface area contributed by atoms with Gasteiger partial charge in [-0.1, -0.05) is 92.2 Å². The highest BCUT2D eigenvalue weighted by atomic mass is 35.5. The molecule has 0 spiro atoms. The molecule has 0 saturated carbocycles. The maximum absolute atomic E-state index is 13.9. The molecule has 3 aliphatic rings. The number of likely N-dealkylation sites (tertiary alicyclic amines) is 1. The fraction of sp³-hybridized carbons (Fsp3) is 0.364. The monoisotopic (exact) mass is 803 g/mol. The molecule has 3 aromatic carbocycles. The van der Waals surface area contributed by atoms with E-state index < -0.39 is 24.0 Å².